The van der Waals surface area contributed by atoms with Crippen molar-refractivity contribution in [1.82, 2.24) is 4.98 Å². The molecule has 0 atom stereocenters. The van der Waals surface area contributed by atoms with E-state index in [-0.39, 0.29) is 0 Å². The van der Waals surface area contributed by atoms with E-state index in [9.17, 15) is 0 Å². The number of nitrogens with one attached hydrogen (secondary N) is 2. The van der Waals surface area contributed by atoms with Gasteiger partial charge in [-0.2, -0.15) is 0 Å². The molecule has 0 unspecified atom stereocenters. The van der Waals surface area contributed by atoms with Crippen molar-refractivity contribution >= 4 is 0 Å². The van der Waals surface area contributed by atoms with Gasteiger partial charge in [0.15, 0.2) is 0 Å². The minimum absolute atomic E-state index is 0.987. The fourth-order valence-corrected chi connectivity index (χ4v) is 3.60. The first-order valence-corrected chi connectivity index (χ1v) is 7.50. The lowest BCUT2D eigenvalue weighted by Crippen LogP contribution is -3.29. The molecule has 2 heterocycles. The van der Waals surface area contributed by atoms with Crippen LogP contribution in [-0.2, 0) is 6.54 Å². The quantitative estimate of drug-likeness (QED) is 0.725. The van der Waals surface area contributed by atoms with Gasteiger partial charge < -0.3 is 9.80 Å². The molecule has 3 rings (SSSR count). The highest BCUT2D eigenvalue weighted by molar-refractivity contribution is 5.01. The molecule has 3 heteroatoms. The molecule has 3 nitrogen and oxygen atoms in total. The van der Waals surface area contributed by atoms with E-state index < -0.39 is 0 Å². The molecule has 1 aromatic heterocycles. The molecular formula is C15H25N3+2. The zero-order chi connectivity index (χ0) is 12.2. The van der Waals surface area contributed by atoms with E-state index in [2.05, 4.69) is 17.1 Å². The van der Waals surface area contributed by atoms with Crippen LogP contribution in [0.1, 0.15) is 31.4 Å². The zero-order valence-electron chi connectivity index (χ0n) is 11.2. The van der Waals surface area contributed by atoms with Crippen LogP contribution in [0.5, 0.6) is 0 Å². The van der Waals surface area contributed by atoms with E-state index in [0.717, 1.165) is 12.6 Å². The maximum absolute atomic E-state index is 4.44. The van der Waals surface area contributed by atoms with E-state index >= 15 is 0 Å². The lowest BCUT2D eigenvalue weighted by molar-refractivity contribution is -1.03. The van der Waals surface area contributed by atoms with E-state index in [0.29, 0.717) is 0 Å². The van der Waals surface area contributed by atoms with Gasteiger partial charge in [-0.3, -0.25) is 4.98 Å². The molecular weight excluding hydrogens is 222 g/mol. The van der Waals surface area contributed by atoms with Gasteiger partial charge in [-0.25, -0.2) is 0 Å². The summed E-state index contributed by atoms with van der Waals surface area (Å²) in [5, 5.41) is 0. The van der Waals surface area contributed by atoms with Crippen molar-refractivity contribution in [2.45, 2.75) is 38.3 Å². The molecule has 0 radical (unpaired) electrons. The second-order valence-electron chi connectivity index (χ2n) is 5.89. The zero-order valence-corrected chi connectivity index (χ0v) is 11.2. The highest BCUT2D eigenvalue weighted by Crippen LogP contribution is 2.15. The first-order chi connectivity index (χ1) is 8.92. The minimum Gasteiger partial charge on any atom is -0.323 e. The Hall–Kier alpha value is -0.930. The van der Waals surface area contributed by atoms with Crippen LogP contribution >= 0.6 is 0 Å². The molecule has 2 aliphatic rings. The Morgan fingerprint density at radius 2 is 1.83 bits per heavy atom. The predicted octanol–water partition coefficient (Wildman–Crippen LogP) is -0.692. The number of hydrogen-bond acceptors (Lipinski definition) is 1. The first-order valence-electron chi connectivity index (χ1n) is 7.50. The first kappa shape index (κ1) is 12.1. The van der Waals surface area contributed by atoms with Gasteiger partial charge in [0.2, 0.25) is 0 Å². The molecule has 0 bridgehead atoms. The largest absolute Gasteiger partial charge is 0.323 e. The summed E-state index contributed by atoms with van der Waals surface area (Å²) < 4.78 is 0. The third-order valence-electron chi connectivity index (χ3n) is 4.69. The summed E-state index contributed by atoms with van der Waals surface area (Å²) in [6.45, 7) is 6.49. The summed E-state index contributed by atoms with van der Waals surface area (Å²) in [5.74, 6) is 0. The molecule has 98 valence electrons. The average molecular weight is 247 g/mol. The van der Waals surface area contributed by atoms with E-state index in [4.69, 9.17) is 0 Å². The van der Waals surface area contributed by atoms with Crippen LogP contribution in [-0.4, -0.2) is 37.2 Å². The molecule has 2 N–H and O–H groups in total. The lowest BCUT2D eigenvalue weighted by atomic mass is 10.2. The number of nitrogens with zero attached hydrogens (tertiary/aromatic N) is 1. The van der Waals surface area contributed by atoms with Gasteiger partial charge in [-0.1, -0.05) is 6.07 Å². The van der Waals surface area contributed by atoms with Crippen molar-refractivity contribution in [3.63, 3.8) is 0 Å². The van der Waals surface area contributed by atoms with Gasteiger partial charge >= 0.3 is 0 Å². The molecule has 0 aromatic carbocycles. The maximum atomic E-state index is 4.44. The van der Waals surface area contributed by atoms with Crippen molar-refractivity contribution in [2.24, 2.45) is 0 Å². The van der Waals surface area contributed by atoms with Crippen LogP contribution < -0.4 is 9.80 Å². The fraction of sp³-hybridized carbons (Fsp3) is 0.667. The smallest absolute Gasteiger partial charge is 0.127 e. The van der Waals surface area contributed by atoms with E-state index in [1.165, 1.54) is 57.6 Å². The Balaban J connectivity index is 1.48. The molecule has 2 fully saturated rings. The molecule has 1 aromatic rings. The average Bonchev–Trinajstić information content (AvgIpc) is 2.95. The summed E-state index contributed by atoms with van der Waals surface area (Å²) in [4.78, 5) is 8.05. The standard InChI is InChI=1S/C15H23N3/c1-2-7-15(6-1)18-11-9-17(10-12-18)13-14-5-3-4-8-16-14/h3-5,8,15H,1-2,6-7,9-13H2/p+2. The van der Waals surface area contributed by atoms with E-state index in [1.54, 1.807) is 4.90 Å². The third kappa shape index (κ3) is 2.90. The number of hydrogen-bond donors (Lipinski definition) is 2. The van der Waals surface area contributed by atoms with Crippen LogP contribution in [0.15, 0.2) is 24.4 Å². The Bertz CT molecular complexity index is 351. The van der Waals surface area contributed by atoms with E-state index in [1.807, 2.05) is 17.2 Å². The van der Waals surface area contributed by atoms with Gasteiger partial charge in [-0.15, -0.1) is 0 Å². The normalized spacial score (nSPS) is 29.6. The monoisotopic (exact) mass is 247 g/mol. The number of rotatable bonds is 3. The Morgan fingerprint density at radius 1 is 1.06 bits per heavy atom. The van der Waals surface area contributed by atoms with Gasteiger partial charge in [0.25, 0.3) is 0 Å². The summed E-state index contributed by atoms with van der Waals surface area (Å²) in [5.41, 5.74) is 1.25. The van der Waals surface area contributed by atoms with Crippen molar-refractivity contribution < 1.29 is 9.80 Å². The van der Waals surface area contributed by atoms with Gasteiger partial charge in [0.05, 0.1) is 11.7 Å². The van der Waals surface area contributed by atoms with Crippen molar-refractivity contribution in [3.05, 3.63) is 30.1 Å². The summed E-state index contributed by atoms with van der Waals surface area (Å²) >= 11 is 0. The Labute approximate surface area is 110 Å². The molecule has 1 aliphatic heterocycles. The topological polar surface area (TPSA) is 21.8 Å². The SMILES string of the molecule is c1ccc(C[NH+]2CC[NH+](C3CCCC3)CC2)nc1. The minimum atomic E-state index is 0.987. The molecule has 1 saturated carbocycles. The van der Waals surface area contributed by atoms with Crippen LogP contribution in [0.3, 0.4) is 0 Å². The number of quaternary nitrogens is 2. The lowest BCUT2D eigenvalue weighted by Gasteiger charge is -2.33. The highest BCUT2D eigenvalue weighted by Gasteiger charge is 2.31. The molecule has 1 aliphatic carbocycles. The van der Waals surface area contributed by atoms with Crippen LogP contribution in [0.2, 0.25) is 0 Å². The number of aromatic nitrogens is 1. The summed E-state index contributed by atoms with van der Waals surface area (Å²) in [6.07, 6.45) is 7.81. The fourth-order valence-electron chi connectivity index (χ4n) is 3.60. The van der Waals surface area contributed by atoms with Gasteiger partial charge in [0, 0.05) is 6.20 Å². The van der Waals surface area contributed by atoms with Crippen molar-refractivity contribution in [2.75, 3.05) is 26.2 Å². The van der Waals surface area contributed by atoms with Crippen molar-refractivity contribution in [1.29, 1.82) is 0 Å². The molecule has 18 heavy (non-hydrogen) atoms. The highest BCUT2D eigenvalue weighted by atomic mass is 15.3. The second kappa shape index (κ2) is 5.81. The van der Waals surface area contributed by atoms with Crippen LogP contribution in [0, 0.1) is 0 Å². The molecule has 0 amide bonds. The van der Waals surface area contributed by atoms with Crippen molar-refractivity contribution in [3.8, 4) is 0 Å². The Morgan fingerprint density at radius 3 is 2.50 bits per heavy atom. The van der Waals surface area contributed by atoms with Crippen LogP contribution in [0.25, 0.3) is 0 Å². The number of piperazine rings is 1. The van der Waals surface area contributed by atoms with Gasteiger partial charge in [-0.05, 0) is 37.8 Å². The predicted molar refractivity (Wildman–Crippen MR) is 71.6 cm³/mol. The van der Waals surface area contributed by atoms with Crippen LogP contribution in [0.4, 0.5) is 0 Å². The third-order valence-corrected chi connectivity index (χ3v) is 4.69. The molecule has 0 spiro atoms. The maximum Gasteiger partial charge on any atom is 0.127 e. The molecule has 1 saturated heterocycles. The summed E-state index contributed by atoms with van der Waals surface area (Å²) in [6, 6.07) is 7.24. The number of pyridine rings is 1. The second-order valence-corrected chi connectivity index (χ2v) is 5.89. The van der Waals surface area contributed by atoms with Gasteiger partial charge in [0.1, 0.15) is 32.7 Å². The Kier molecular flexibility index (Phi) is 3.91. The summed E-state index contributed by atoms with van der Waals surface area (Å²) in [7, 11) is 0.